The van der Waals surface area contributed by atoms with Gasteiger partial charge in [-0.25, -0.2) is 0 Å². The topological polar surface area (TPSA) is 29.5 Å². The second-order valence-electron chi connectivity index (χ2n) is 3.21. The molecule has 0 aromatic carbocycles. The fourth-order valence-corrected chi connectivity index (χ4v) is 1.45. The smallest absolute Gasteiger partial charge is 0.109 e. The number of aliphatic hydroxyl groups is 1. The van der Waals surface area contributed by atoms with E-state index in [1.165, 1.54) is 12.0 Å². The minimum absolute atomic E-state index is 0.0787. The Morgan fingerprint density at radius 1 is 1.73 bits per heavy atom. The molecule has 2 nitrogen and oxygen atoms in total. The van der Waals surface area contributed by atoms with E-state index in [0.29, 0.717) is 0 Å². The summed E-state index contributed by atoms with van der Waals surface area (Å²) < 4.78 is 5.25. The van der Waals surface area contributed by atoms with E-state index in [2.05, 4.69) is 6.08 Å². The largest absolute Gasteiger partial charge is 0.393 e. The van der Waals surface area contributed by atoms with Crippen molar-refractivity contribution in [2.75, 3.05) is 13.7 Å². The molecule has 1 N–H and O–H groups in total. The zero-order chi connectivity index (χ0) is 8.32. The molecule has 0 saturated carbocycles. The molecule has 1 aliphatic carbocycles. The Labute approximate surface area is 67.9 Å². The third-order valence-electron chi connectivity index (χ3n) is 2.47. The molecular weight excluding hydrogens is 140 g/mol. The van der Waals surface area contributed by atoms with Gasteiger partial charge in [0.15, 0.2) is 0 Å². The average molecular weight is 156 g/mol. The second kappa shape index (κ2) is 3.37. The minimum Gasteiger partial charge on any atom is -0.393 e. The quantitative estimate of drug-likeness (QED) is 0.627. The summed E-state index contributed by atoms with van der Waals surface area (Å²) in [6.07, 6.45) is 5.59. The Kier molecular flexibility index (Phi) is 2.68. The van der Waals surface area contributed by atoms with Crippen LogP contribution in [0.2, 0.25) is 0 Å². The summed E-state index contributed by atoms with van der Waals surface area (Å²) in [5.41, 5.74) is 0.832. The predicted molar refractivity (Wildman–Crippen MR) is 44.4 cm³/mol. The molecule has 64 valence electrons. The van der Waals surface area contributed by atoms with E-state index in [1.807, 2.05) is 6.92 Å². The molecule has 0 spiro atoms. The highest BCUT2D eigenvalue weighted by atomic mass is 16.5. The molecule has 0 fully saturated rings. The molecule has 0 bridgehead atoms. The Morgan fingerprint density at radius 3 is 2.82 bits per heavy atom. The summed E-state index contributed by atoms with van der Waals surface area (Å²) in [6, 6.07) is 0. The van der Waals surface area contributed by atoms with Crippen LogP contribution in [0.25, 0.3) is 0 Å². The fourth-order valence-electron chi connectivity index (χ4n) is 1.45. The Hall–Kier alpha value is -0.340. The lowest BCUT2D eigenvalue weighted by Crippen LogP contribution is -2.33. The van der Waals surface area contributed by atoms with Crippen LogP contribution in [0.15, 0.2) is 11.6 Å². The van der Waals surface area contributed by atoms with Crippen LogP contribution in [0.1, 0.15) is 26.2 Å². The van der Waals surface area contributed by atoms with Crippen molar-refractivity contribution in [3.8, 4) is 0 Å². The molecule has 11 heavy (non-hydrogen) atoms. The molecule has 0 aromatic rings. The Balaban J connectivity index is 2.67. The van der Waals surface area contributed by atoms with Crippen molar-refractivity contribution >= 4 is 0 Å². The highest BCUT2D eigenvalue weighted by molar-refractivity contribution is 5.19. The molecule has 0 amide bonds. The van der Waals surface area contributed by atoms with Crippen LogP contribution in [0.4, 0.5) is 0 Å². The SMILES string of the molecule is COC(C)(CO)C1=CCCC1. The normalized spacial score (nSPS) is 23.0. The van der Waals surface area contributed by atoms with Crippen molar-refractivity contribution in [1.82, 2.24) is 0 Å². The van der Waals surface area contributed by atoms with E-state index in [0.717, 1.165) is 12.8 Å². The van der Waals surface area contributed by atoms with Crippen LogP contribution in [-0.4, -0.2) is 24.4 Å². The van der Waals surface area contributed by atoms with Gasteiger partial charge in [0, 0.05) is 7.11 Å². The first-order valence-corrected chi connectivity index (χ1v) is 4.08. The van der Waals surface area contributed by atoms with Gasteiger partial charge >= 0.3 is 0 Å². The van der Waals surface area contributed by atoms with E-state index >= 15 is 0 Å². The summed E-state index contributed by atoms with van der Waals surface area (Å²) in [4.78, 5) is 0. The van der Waals surface area contributed by atoms with Crippen molar-refractivity contribution < 1.29 is 9.84 Å². The van der Waals surface area contributed by atoms with Crippen LogP contribution < -0.4 is 0 Å². The number of aliphatic hydroxyl groups excluding tert-OH is 1. The number of methoxy groups -OCH3 is 1. The van der Waals surface area contributed by atoms with E-state index in [4.69, 9.17) is 9.84 Å². The highest BCUT2D eigenvalue weighted by Gasteiger charge is 2.28. The second-order valence-corrected chi connectivity index (χ2v) is 3.21. The number of ether oxygens (including phenoxy) is 1. The van der Waals surface area contributed by atoms with Gasteiger partial charge in [-0.15, -0.1) is 0 Å². The standard InChI is InChI=1S/C9H16O2/c1-9(7-10,11-2)8-5-3-4-6-8/h5,10H,3-4,6-7H2,1-2H3. The van der Waals surface area contributed by atoms with Crippen LogP contribution in [-0.2, 0) is 4.74 Å². The summed E-state index contributed by atoms with van der Waals surface area (Å²) in [6.45, 7) is 2.01. The van der Waals surface area contributed by atoms with Crippen molar-refractivity contribution in [2.45, 2.75) is 31.8 Å². The molecule has 0 radical (unpaired) electrons. The summed E-state index contributed by atoms with van der Waals surface area (Å²) in [7, 11) is 1.65. The van der Waals surface area contributed by atoms with Crippen molar-refractivity contribution in [1.29, 1.82) is 0 Å². The minimum atomic E-state index is -0.420. The zero-order valence-electron chi connectivity index (χ0n) is 7.26. The van der Waals surface area contributed by atoms with Gasteiger partial charge in [-0.2, -0.15) is 0 Å². The third-order valence-corrected chi connectivity index (χ3v) is 2.47. The number of allylic oxidation sites excluding steroid dienone is 1. The van der Waals surface area contributed by atoms with Crippen LogP contribution in [0.3, 0.4) is 0 Å². The number of hydrogen-bond donors (Lipinski definition) is 1. The Bertz CT molecular complexity index is 157. The Morgan fingerprint density at radius 2 is 2.45 bits per heavy atom. The maximum Gasteiger partial charge on any atom is 0.109 e. The predicted octanol–water partition coefficient (Wildman–Crippen LogP) is 1.49. The van der Waals surface area contributed by atoms with Gasteiger partial charge in [0.25, 0.3) is 0 Å². The van der Waals surface area contributed by atoms with Gasteiger partial charge in [-0.3, -0.25) is 0 Å². The number of hydrogen-bond acceptors (Lipinski definition) is 2. The van der Waals surface area contributed by atoms with Crippen molar-refractivity contribution in [2.24, 2.45) is 0 Å². The molecule has 0 heterocycles. The molecule has 0 aliphatic heterocycles. The van der Waals surface area contributed by atoms with Crippen molar-refractivity contribution in [3.63, 3.8) is 0 Å². The van der Waals surface area contributed by atoms with Gasteiger partial charge in [0.2, 0.25) is 0 Å². The lowest BCUT2D eigenvalue weighted by atomic mass is 9.96. The maximum absolute atomic E-state index is 9.08. The summed E-state index contributed by atoms with van der Waals surface area (Å²) >= 11 is 0. The maximum atomic E-state index is 9.08. The lowest BCUT2D eigenvalue weighted by Gasteiger charge is -2.27. The van der Waals surface area contributed by atoms with Crippen LogP contribution >= 0.6 is 0 Å². The molecule has 1 unspecified atom stereocenters. The molecule has 0 saturated heterocycles. The monoisotopic (exact) mass is 156 g/mol. The van der Waals surface area contributed by atoms with E-state index in [9.17, 15) is 0 Å². The van der Waals surface area contributed by atoms with Crippen molar-refractivity contribution in [3.05, 3.63) is 11.6 Å². The molecule has 0 aromatic heterocycles. The fraction of sp³-hybridized carbons (Fsp3) is 0.778. The van der Waals surface area contributed by atoms with Gasteiger partial charge in [-0.05, 0) is 31.8 Å². The van der Waals surface area contributed by atoms with Gasteiger partial charge in [0.05, 0.1) is 6.61 Å². The first kappa shape index (κ1) is 8.75. The van der Waals surface area contributed by atoms with Crippen LogP contribution in [0, 0.1) is 0 Å². The number of rotatable bonds is 3. The first-order chi connectivity index (χ1) is 5.23. The molecule has 2 heteroatoms. The van der Waals surface area contributed by atoms with Gasteiger partial charge in [0.1, 0.15) is 5.60 Å². The van der Waals surface area contributed by atoms with E-state index in [-0.39, 0.29) is 6.61 Å². The summed E-state index contributed by atoms with van der Waals surface area (Å²) in [5.74, 6) is 0. The average Bonchev–Trinajstić information content (AvgIpc) is 2.55. The molecule has 1 aliphatic rings. The molecule has 1 rings (SSSR count). The molecular formula is C9H16O2. The van der Waals surface area contributed by atoms with Gasteiger partial charge in [-0.1, -0.05) is 6.08 Å². The highest BCUT2D eigenvalue weighted by Crippen LogP contribution is 2.29. The zero-order valence-corrected chi connectivity index (χ0v) is 7.26. The van der Waals surface area contributed by atoms with E-state index in [1.54, 1.807) is 7.11 Å². The van der Waals surface area contributed by atoms with E-state index < -0.39 is 5.60 Å². The third kappa shape index (κ3) is 1.63. The van der Waals surface area contributed by atoms with Crippen LogP contribution in [0.5, 0.6) is 0 Å². The summed E-state index contributed by atoms with van der Waals surface area (Å²) in [5, 5.41) is 9.08. The molecule has 1 atom stereocenters. The first-order valence-electron chi connectivity index (χ1n) is 4.08. The van der Waals surface area contributed by atoms with Gasteiger partial charge < -0.3 is 9.84 Å². The lowest BCUT2D eigenvalue weighted by molar-refractivity contribution is -0.0102.